The fourth-order valence-electron chi connectivity index (χ4n) is 0.576. The van der Waals surface area contributed by atoms with E-state index in [0.717, 1.165) is 13.0 Å². The molecule has 0 amide bonds. The normalized spacial score (nSPS) is 13.1. The van der Waals surface area contributed by atoms with Gasteiger partial charge in [0, 0.05) is 6.04 Å². The molecule has 1 heteroatoms. The minimum Gasteiger partial charge on any atom is -0.314 e. The monoisotopic (exact) mass is 127 g/mol. The van der Waals surface area contributed by atoms with E-state index >= 15 is 0 Å². The number of hydrogen-bond donors (Lipinski definition) is 1. The zero-order chi connectivity index (χ0) is 7.11. The molecule has 0 aliphatic heterocycles. The van der Waals surface area contributed by atoms with E-state index in [2.05, 4.69) is 25.7 Å². The lowest BCUT2D eigenvalue weighted by Crippen LogP contribution is -2.25. The van der Waals surface area contributed by atoms with Crippen molar-refractivity contribution in [3.8, 4) is 0 Å². The molecule has 0 aromatic rings. The highest BCUT2D eigenvalue weighted by Crippen LogP contribution is 1.87. The quantitative estimate of drug-likeness (QED) is 0.439. The number of nitrogens with one attached hydrogen (secondary N) is 1. The van der Waals surface area contributed by atoms with Gasteiger partial charge in [0.15, 0.2) is 0 Å². The molecule has 0 aliphatic rings. The molecule has 0 spiro atoms. The molecule has 1 N–H and O–H groups in total. The van der Waals surface area contributed by atoms with Gasteiger partial charge in [-0.25, -0.2) is 0 Å². The first-order valence-electron chi connectivity index (χ1n) is 3.65. The smallest absolute Gasteiger partial charge is 0.00362 e. The molecule has 9 heavy (non-hydrogen) atoms. The minimum absolute atomic E-state index is 0.657. The predicted octanol–water partition coefficient (Wildman–Crippen LogP) is 1.95. The van der Waals surface area contributed by atoms with Crippen LogP contribution in [0.4, 0.5) is 0 Å². The van der Waals surface area contributed by atoms with Crippen molar-refractivity contribution in [2.75, 3.05) is 6.54 Å². The standard InChI is InChI=1S/C8H17N/c1-4-6-7-9-8(3)5-2/h4,8-9H,1,5-7H2,2-3H3/t8-/m1/s1. The lowest BCUT2D eigenvalue weighted by molar-refractivity contribution is 0.540. The van der Waals surface area contributed by atoms with E-state index in [1.54, 1.807) is 0 Å². The third kappa shape index (κ3) is 5.57. The van der Waals surface area contributed by atoms with Crippen LogP contribution in [0.15, 0.2) is 12.7 Å². The summed E-state index contributed by atoms with van der Waals surface area (Å²) < 4.78 is 0. The Morgan fingerprint density at radius 1 is 1.67 bits per heavy atom. The second kappa shape index (κ2) is 5.83. The minimum atomic E-state index is 0.657. The van der Waals surface area contributed by atoms with Crippen molar-refractivity contribution in [2.24, 2.45) is 0 Å². The van der Waals surface area contributed by atoms with Gasteiger partial charge >= 0.3 is 0 Å². The van der Waals surface area contributed by atoms with E-state index in [4.69, 9.17) is 0 Å². The highest BCUT2D eigenvalue weighted by molar-refractivity contribution is 4.68. The molecule has 0 fully saturated rings. The molecule has 0 aliphatic carbocycles. The van der Waals surface area contributed by atoms with E-state index in [1.165, 1.54) is 6.42 Å². The van der Waals surface area contributed by atoms with E-state index in [9.17, 15) is 0 Å². The summed E-state index contributed by atoms with van der Waals surface area (Å²) in [6.45, 7) is 9.09. The van der Waals surface area contributed by atoms with Crippen LogP contribution in [0.3, 0.4) is 0 Å². The van der Waals surface area contributed by atoms with Crippen LogP contribution in [0.5, 0.6) is 0 Å². The van der Waals surface area contributed by atoms with Gasteiger partial charge in [0.2, 0.25) is 0 Å². The van der Waals surface area contributed by atoms with E-state index in [0.29, 0.717) is 6.04 Å². The molecule has 0 aromatic heterocycles. The van der Waals surface area contributed by atoms with E-state index in [-0.39, 0.29) is 0 Å². The lowest BCUT2D eigenvalue weighted by atomic mass is 10.2. The third-order valence-electron chi connectivity index (χ3n) is 1.45. The van der Waals surface area contributed by atoms with Crippen LogP contribution < -0.4 is 5.32 Å². The Hall–Kier alpha value is -0.300. The maximum absolute atomic E-state index is 3.64. The molecule has 0 aromatic carbocycles. The van der Waals surface area contributed by atoms with Gasteiger partial charge in [-0.15, -0.1) is 6.58 Å². The number of hydrogen-bond acceptors (Lipinski definition) is 1. The van der Waals surface area contributed by atoms with Crippen LogP contribution >= 0.6 is 0 Å². The average Bonchev–Trinajstić information content (AvgIpc) is 1.89. The van der Waals surface area contributed by atoms with Gasteiger partial charge in [-0.3, -0.25) is 0 Å². The van der Waals surface area contributed by atoms with Gasteiger partial charge in [-0.1, -0.05) is 13.0 Å². The Kier molecular flexibility index (Phi) is 5.64. The first-order valence-corrected chi connectivity index (χ1v) is 3.65. The molecule has 1 nitrogen and oxygen atoms in total. The first kappa shape index (κ1) is 8.70. The largest absolute Gasteiger partial charge is 0.314 e. The van der Waals surface area contributed by atoms with Gasteiger partial charge < -0.3 is 5.32 Å². The SMILES string of the molecule is C=CCCN[C@H](C)CC. The van der Waals surface area contributed by atoms with Gasteiger partial charge in [0.25, 0.3) is 0 Å². The van der Waals surface area contributed by atoms with Crippen LogP contribution in [0.1, 0.15) is 26.7 Å². The van der Waals surface area contributed by atoms with Crippen molar-refractivity contribution >= 4 is 0 Å². The predicted molar refractivity (Wildman–Crippen MR) is 42.6 cm³/mol. The Balaban J connectivity index is 2.96. The highest BCUT2D eigenvalue weighted by Gasteiger charge is 1.92. The molecule has 0 saturated heterocycles. The topological polar surface area (TPSA) is 12.0 Å². The van der Waals surface area contributed by atoms with Crippen LogP contribution in [0, 0.1) is 0 Å². The summed E-state index contributed by atoms with van der Waals surface area (Å²) in [5.74, 6) is 0. The second-order valence-corrected chi connectivity index (χ2v) is 2.34. The molecule has 0 heterocycles. The zero-order valence-electron chi connectivity index (χ0n) is 6.48. The van der Waals surface area contributed by atoms with Crippen molar-refractivity contribution in [1.29, 1.82) is 0 Å². The first-order chi connectivity index (χ1) is 4.31. The summed E-state index contributed by atoms with van der Waals surface area (Å²) >= 11 is 0. The van der Waals surface area contributed by atoms with Crippen molar-refractivity contribution in [3.63, 3.8) is 0 Å². The Labute approximate surface area is 58.2 Å². The summed E-state index contributed by atoms with van der Waals surface area (Å²) in [6, 6.07) is 0.657. The van der Waals surface area contributed by atoms with Gasteiger partial charge in [-0.05, 0) is 26.3 Å². The maximum Gasteiger partial charge on any atom is 0.00362 e. The molecule has 54 valence electrons. The lowest BCUT2D eigenvalue weighted by Gasteiger charge is -2.08. The van der Waals surface area contributed by atoms with Crippen molar-refractivity contribution in [2.45, 2.75) is 32.7 Å². The zero-order valence-corrected chi connectivity index (χ0v) is 6.48. The van der Waals surface area contributed by atoms with Gasteiger partial charge in [0.1, 0.15) is 0 Å². The van der Waals surface area contributed by atoms with Gasteiger partial charge in [0.05, 0.1) is 0 Å². The van der Waals surface area contributed by atoms with E-state index < -0.39 is 0 Å². The van der Waals surface area contributed by atoms with Crippen molar-refractivity contribution in [3.05, 3.63) is 12.7 Å². The number of rotatable bonds is 5. The van der Waals surface area contributed by atoms with Crippen molar-refractivity contribution < 1.29 is 0 Å². The molecule has 0 unspecified atom stereocenters. The molecule has 0 radical (unpaired) electrons. The highest BCUT2D eigenvalue weighted by atomic mass is 14.9. The summed E-state index contributed by atoms with van der Waals surface area (Å²) in [7, 11) is 0. The molecule has 0 saturated carbocycles. The molecular weight excluding hydrogens is 110 g/mol. The summed E-state index contributed by atoms with van der Waals surface area (Å²) in [4.78, 5) is 0. The molecular formula is C8H17N. The summed E-state index contributed by atoms with van der Waals surface area (Å²) in [6.07, 6.45) is 4.22. The van der Waals surface area contributed by atoms with Crippen LogP contribution in [-0.2, 0) is 0 Å². The summed E-state index contributed by atoms with van der Waals surface area (Å²) in [5.41, 5.74) is 0. The van der Waals surface area contributed by atoms with Gasteiger partial charge in [-0.2, -0.15) is 0 Å². The molecule has 1 atom stereocenters. The summed E-state index contributed by atoms with van der Waals surface area (Å²) in [5, 5.41) is 3.36. The second-order valence-electron chi connectivity index (χ2n) is 2.34. The van der Waals surface area contributed by atoms with E-state index in [1.807, 2.05) is 6.08 Å². The van der Waals surface area contributed by atoms with Crippen LogP contribution in [-0.4, -0.2) is 12.6 Å². The average molecular weight is 127 g/mol. The third-order valence-corrected chi connectivity index (χ3v) is 1.45. The Morgan fingerprint density at radius 2 is 2.33 bits per heavy atom. The fourth-order valence-corrected chi connectivity index (χ4v) is 0.576. The Morgan fingerprint density at radius 3 is 2.78 bits per heavy atom. The molecule has 0 rings (SSSR count). The van der Waals surface area contributed by atoms with Crippen LogP contribution in [0.25, 0.3) is 0 Å². The Bertz CT molecular complexity index is 69.0. The fraction of sp³-hybridized carbons (Fsp3) is 0.750. The molecule has 0 bridgehead atoms. The van der Waals surface area contributed by atoms with Crippen LogP contribution in [0.2, 0.25) is 0 Å². The van der Waals surface area contributed by atoms with Crippen molar-refractivity contribution in [1.82, 2.24) is 5.32 Å². The maximum atomic E-state index is 3.64.